The van der Waals surface area contributed by atoms with Crippen molar-refractivity contribution in [3.05, 3.63) is 35.9 Å². The number of carboxylic acid groups (broad SMARTS) is 1. The smallest absolute Gasteiger partial charge is 0.327 e. The standard InChI is InChI=1S/C16H20N6O4/c1-8(9-5-3-2-4-6-9)20-16(26)22-12(14(24)25)10(13(22)23)7-11(17)21-15(18)19/h2-6,8,10,12H,7H2,1H3,(H,20,26)(H,24,25)(H5,17,18,19,21)/t8-,10-,12+/m1/s1. The fraction of sp³-hybridized carbons (Fsp3) is 0.312. The van der Waals surface area contributed by atoms with E-state index in [1.807, 2.05) is 6.07 Å². The SMILES string of the molecule is C[C@@H](NC(=O)N1C(=O)[C@H](CC(=N)NC(=N)N)[C@H]1C(=O)O)c1ccccc1. The van der Waals surface area contributed by atoms with Crippen molar-refractivity contribution in [2.75, 3.05) is 0 Å². The van der Waals surface area contributed by atoms with E-state index in [2.05, 4.69) is 10.6 Å². The first-order valence-corrected chi connectivity index (χ1v) is 7.82. The molecular formula is C16H20N6O4. The van der Waals surface area contributed by atoms with Crippen LogP contribution in [0.4, 0.5) is 4.79 Å². The minimum absolute atomic E-state index is 0.257. The first-order valence-electron chi connectivity index (χ1n) is 7.82. The molecule has 1 aliphatic heterocycles. The van der Waals surface area contributed by atoms with E-state index >= 15 is 0 Å². The normalized spacial score (nSPS) is 19.9. The van der Waals surface area contributed by atoms with Gasteiger partial charge in [-0.1, -0.05) is 30.3 Å². The molecule has 0 aliphatic carbocycles. The van der Waals surface area contributed by atoms with Crippen molar-refractivity contribution in [1.29, 1.82) is 10.8 Å². The summed E-state index contributed by atoms with van der Waals surface area (Å²) in [6.07, 6.45) is -0.257. The van der Waals surface area contributed by atoms with Crippen LogP contribution in [0.5, 0.6) is 0 Å². The Morgan fingerprint density at radius 3 is 2.46 bits per heavy atom. The molecule has 1 aliphatic rings. The number of hydrogen-bond donors (Lipinski definition) is 6. The molecule has 0 bridgehead atoms. The molecule has 2 rings (SSSR count). The number of β-lactam (4-membered cyclic amide) rings is 1. The van der Waals surface area contributed by atoms with Gasteiger partial charge in [-0.05, 0) is 12.5 Å². The number of guanidine groups is 1. The van der Waals surface area contributed by atoms with Crippen molar-refractivity contribution in [2.24, 2.45) is 11.7 Å². The highest BCUT2D eigenvalue weighted by molar-refractivity contribution is 6.09. The molecule has 0 unspecified atom stereocenters. The van der Waals surface area contributed by atoms with Crippen LogP contribution in [0.25, 0.3) is 0 Å². The van der Waals surface area contributed by atoms with E-state index in [1.165, 1.54) is 0 Å². The maximum Gasteiger partial charge on any atom is 0.327 e. The number of carbonyl (C=O) groups is 3. The zero-order chi connectivity index (χ0) is 19.4. The van der Waals surface area contributed by atoms with Gasteiger partial charge in [0.25, 0.3) is 0 Å². The van der Waals surface area contributed by atoms with Gasteiger partial charge in [-0.15, -0.1) is 0 Å². The van der Waals surface area contributed by atoms with E-state index in [9.17, 15) is 19.5 Å². The second-order valence-corrected chi connectivity index (χ2v) is 5.90. The lowest BCUT2D eigenvalue weighted by Crippen LogP contribution is -2.68. The van der Waals surface area contributed by atoms with Gasteiger partial charge in [0, 0.05) is 6.42 Å². The molecule has 3 atom stereocenters. The Bertz CT molecular complexity index is 750. The fourth-order valence-electron chi connectivity index (χ4n) is 2.77. The van der Waals surface area contributed by atoms with Crippen molar-refractivity contribution in [1.82, 2.24) is 15.5 Å². The number of amidine groups is 1. The predicted molar refractivity (Wildman–Crippen MR) is 92.5 cm³/mol. The Labute approximate surface area is 149 Å². The Morgan fingerprint density at radius 2 is 1.92 bits per heavy atom. The number of amides is 3. The van der Waals surface area contributed by atoms with E-state index in [0.717, 1.165) is 5.56 Å². The zero-order valence-corrected chi connectivity index (χ0v) is 14.0. The van der Waals surface area contributed by atoms with Gasteiger partial charge < -0.3 is 21.5 Å². The van der Waals surface area contributed by atoms with Crippen molar-refractivity contribution in [3.63, 3.8) is 0 Å². The minimum atomic E-state index is -1.38. The molecule has 3 amide bonds. The number of carboxylic acids is 1. The number of nitrogens with two attached hydrogens (primary N) is 1. The molecule has 1 aromatic carbocycles. The van der Waals surface area contributed by atoms with Crippen LogP contribution in [0.2, 0.25) is 0 Å². The van der Waals surface area contributed by atoms with Crippen molar-refractivity contribution < 1.29 is 19.5 Å². The van der Waals surface area contributed by atoms with Gasteiger partial charge in [0.05, 0.1) is 12.0 Å². The lowest BCUT2D eigenvalue weighted by molar-refractivity contribution is -0.165. The second-order valence-electron chi connectivity index (χ2n) is 5.90. The maximum atomic E-state index is 12.4. The number of urea groups is 1. The molecule has 0 aromatic heterocycles. The maximum absolute atomic E-state index is 12.4. The summed E-state index contributed by atoms with van der Waals surface area (Å²) < 4.78 is 0. The number of imide groups is 1. The molecule has 26 heavy (non-hydrogen) atoms. The van der Waals surface area contributed by atoms with Crippen LogP contribution in [0.15, 0.2) is 30.3 Å². The van der Waals surface area contributed by atoms with Crippen LogP contribution < -0.4 is 16.4 Å². The van der Waals surface area contributed by atoms with Crippen LogP contribution in [-0.2, 0) is 9.59 Å². The summed E-state index contributed by atoms with van der Waals surface area (Å²) in [5.74, 6) is -3.85. The molecule has 0 saturated carbocycles. The summed E-state index contributed by atoms with van der Waals surface area (Å²) in [4.78, 5) is 36.7. The fourth-order valence-corrected chi connectivity index (χ4v) is 2.77. The van der Waals surface area contributed by atoms with Crippen LogP contribution in [-0.4, -0.2) is 45.8 Å². The van der Waals surface area contributed by atoms with E-state index in [4.69, 9.17) is 16.6 Å². The predicted octanol–water partition coefficient (Wildman–Crippen LogP) is 0.219. The van der Waals surface area contributed by atoms with Crippen LogP contribution in [0, 0.1) is 16.7 Å². The van der Waals surface area contributed by atoms with Gasteiger partial charge >= 0.3 is 12.0 Å². The third-order valence-corrected chi connectivity index (χ3v) is 4.03. The van der Waals surface area contributed by atoms with Crippen LogP contribution >= 0.6 is 0 Å². The Morgan fingerprint density at radius 1 is 1.31 bits per heavy atom. The van der Waals surface area contributed by atoms with Gasteiger partial charge in [0.1, 0.15) is 5.84 Å². The molecule has 10 nitrogen and oxygen atoms in total. The molecule has 138 valence electrons. The lowest BCUT2D eigenvalue weighted by atomic mass is 9.84. The van der Waals surface area contributed by atoms with E-state index in [-0.39, 0.29) is 12.3 Å². The molecule has 1 fully saturated rings. The highest BCUT2D eigenvalue weighted by atomic mass is 16.4. The van der Waals surface area contributed by atoms with Crippen molar-refractivity contribution >= 4 is 29.7 Å². The molecule has 0 radical (unpaired) electrons. The Hall–Kier alpha value is -3.43. The number of hydrogen-bond acceptors (Lipinski definition) is 5. The number of likely N-dealkylation sites (tertiary alicyclic amines) is 1. The minimum Gasteiger partial charge on any atom is -0.480 e. The molecule has 1 aromatic rings. The quantitative estimate of drug-likeness (QED) is 0.249. The summed E-state index contributed by atoms with van der Waals surface area (Å²) >= 11 is 0. The summed E-state index contributed by atoms with van der Waals surface area (Å²) in [6.45, 7) is 1.72. The largest absolute Gasteiger partial charge is 0.480 e. The average Bonchev–Trinajstić information content (AvgIpc) is 2.56. The third-order valence-electron chi connectivity index (χ3n) is 4.03. The summed E-state index contributed by atoms with van der Waals surface area (Å²) in [6, 6.07) is 6.44. The van der Waals surface area contributed by atoms with Gasteiger partial charge in [-0.2, -0.15) is 0 Å². The van der Waals surface area contributed by atoms with E-state index < -0.39 is 41.9 Å². The van der Waals surface area contributed by atoms with Gasteiger partial charge in [0.2, 0.25) is 5.91 Å². The molecule has 0 spiro atoms. The average molecular weight is 360 g/mol. The first kappa shape index (κ1) is 18.9. The van der Waals surface area contributed by atoms with Crippen LogP contribution in [0.3, 0.4) is 0 Å². The van der Waals surface area contributed by atoms with Crippen molar-refractivity contribution in [3.8, 4) is 0 Å². The van der Waals surface area contributed by atoms with Crippen LogP contribution in [0.1, 0.15) is 24.9 Å². The number of benzene rings is 1. The first-order chi connectivity index (χ1) is 12.2. The molecule has 10 heteroatoms. The summed E-state index contributed by atoms with van der Waals surface area (Å²) in [5, 5.41) is 28.8. The Kier molecular flexibility index (Phi) is 5.55. The third kappa shape index (κ3) is 3.97. The van der Waals surface area contributed by atoms with Gasteiger partial charge in [0.15, 0.2) is 12.0 Å². The number of aliphatic carboxylic acids is 1. The van der Waals surface area contributed by atoms with E-state index in [1.54, 1.807) is 31.2 Å². The molecule has 1 saturated heterocycles. The molecular weight excluding hydrogens is 340 g/mol. The van der Waals surface area contributed by atoms with Gasteiger partial charge in [-0.3, -0.25) is 15.6 Å². The highest BCUT2D eigenvalue weighted by Crippen LogP contribution is 2.30. The monoisotopic (exact) mass is 360 g/mol. The van der Waals surface area contributed by atoms with Crippen molar-refractivity contribution in [2.45, 2.75) is 25.4 Å². The number of rotatable bonds is 5. The van der Waals surface area contributed by atoms with E-state index in [0.29, 0.717) is 4.90 Å². The molecule has 1 heterocycles. The number of carbonyl (C=O) groups excluding carboxylic acids is 2. The summed E-state index contributed by atoms with van der Waals surface area (Å²) in [7, 11) is 0. The van der Waals surface area contributed by atoms with Gasteiger partial charge in [-0.25, -0.2) is 14.5 Å². The highest BCUT2D eigenvalue weighted by Gasteiger charge is 2.55. The zero-order valence-electron chi connectivity index (χ0n) is 14.0. The topological polar surface area (TPSA) is 172 Å². The Balaban J connectivity index is 2.05. The number of nitrogens with zero attached hydrogens (tertiary/aromatic N) is 1. The number of nitrogens with one attached hydrogen (secondary N) is 4. The molecule has 7 N–H and O–H groups in total. The summed E-state index contributed by atoms with van der Waals surface area (Å²) in [5.41, 5.74) is 5.91. The lowest BCUT2D eigenvalue weighted by Gasteiger charge is -2.43. The second kappa shape index (κ2) is 7.64.